The lowest BCUT2D eigenvalue weighted by Gasteiger charge is -2.22. The Balaban J connectivity index is 2.09. The predicted molar refractivity (Wildman–Crippen MR) is 52.8 cm³/mol. The summed E-state index contributed by atoms with van der Waals surface area (Å²) in [5, 5.41) is 9.14. The standard InChI is InChI=1S/C9H12N4O2/c10-3-8-1-2-9(14)13(12-8)5-7-4-11-15-6-7/h4,6H,1-3,5,10H2. The van der Waals surface area contributed by atoms with Gasteiger partial charge in [0.2, 0.25) is 5.91 Å². The number of rotatable bonds is 3. The number of carbonyl (C=O) groups is 1. The first-order valence-electron chi connectivity index (χ1n) is 4.74. The van der Waals surface area contributed by atoms with Gasteiger partial charge in [-0.05, 0) is 6.42 Å². The summed E-state index contributed by atoms with van der Waals surface area (Å²) < 4.78 is 4.68. The molecule has 2 rings (SSSR count). The maximum absolute atomic E-state index is 11.5. The topological polar surface area (TPSA) is 84.7 Å². The van der Waals surface area contributed by atoms with Gasteiger partial charge in [0.25, 0.3) is 0 Å². The zero-order valence-corrected chi connectivity index (χ0v) is 8.22. The van der Waals surface area contributed by atoms with E-state index in [1.807, 2.05) is 0 Å². The van der Waals surface area contributed by atoms with Gasteiger partial charge in [0, 0.05) is 18.5 Å². The summed E-state index contributed by atoms with van der Waals surface area (Å²) in [6.07, 6.45) is 4.20. The van der Waals surface area contributed by atoms with Crippen LogP contribution in [0.3, 0.4) is 0 Å². The lowest BCUT2D eigenvalue weighted by molar-refractivity contribution is -0.132. The minimum absolute atomic E-state index is 0.00778. The van der Waals surface area contributed by atoms with Crippen molar-refractivity contribution in [1.29, 1.82) is 0 Å². The Morgan fingerprint density at radius 3 is 3.07 bits per heavy atom. The quantitative estimate of drug-likeness (QED) is 0.764. The SMILES string of the molecule is NCC1=NN(Cc2cnoc2)C(=O)CC1. The smallest absolute Gasteiger partial charge is 0.243 e. The van der Waals surface area contributed by atoms with Gasteiger partial charge in [-0.2, -0.15) is 5.10 Å². The number of amides is 1. The highest BCUT2D eigenvalue weighted by Crippen LogP contribution is 2.12. The van der Waals surface area contributed by atoms with E-state index in [0.717, 1.165) is 11.3 Å². The summed E-state index contributed by atoms with van der Waals surface area (Å²) in [7, 11) is 0. The summed E-state index contributed by atoms with van der Waals surface area (Å²) in [5.41, 5.74) is 7.16. The van der Waals surface area contributed by atoms with Crippen LogP contribution in [0, 0.1) is 0 Å². The number of hydrogen-bond donors (Lipinski definition) is 1. The molecule has 1 aliphatic rings. The Hall–Kier alpha value is -1.69. The Labute approximate surface area is 86.7 Å². The van der Waals surface area contributed by atoms with Gasteiger partial charge in [-0.1, -0.05) is 5.16 Å². The Bertz CT molecular complexity index is 371. The molecule has 1 aromatic heterocycles. The molecule has 0 saturated carbocycles. The van der Waals surface area contributed by atoms with Crippen LogP contribution in [0.5, 0.6) is 0 Å². The highest BCUT2D eigenvalue weighted by atomic mass is 16.5. The first-order valence-corrected chi connectivity index (χ1v) is 4.74. The second-order valence-electron chi connectivity index (χ2n) is 3.35. The highest BCUT2D eigenvalue weighted by molar-refractivity contribution is 5.93. The van der Waals surface area contributed by atoms with Gasteiger partial charge in [-0.3, -0.25) is 4.79 Å². The van der Waals surface area contributed by atoms with Crippen LogP contribution in [0.1, 0.15) is 18.4 Å². The van der Waals surface area contributed by atoms with Gasteiger partial charge in [0.1, 0.15) is 6.26 Å². The zero-order valence-electron chi connectivity index (χ0n) is 8.22. The van der Waals surface area contributed by atoms with E-state index in [0.29, 0.717) is 25.9 Å². The fourth-order valence-electron chi connectivity index (χ4n) is 1.40. The molecule has 0 aliphatic carbocycles. The van der Waals surface area contributed by atoms with Gasteiger partial charge >= 0.3 is 0 Å². The van der Waals surface area contributed by atoms with Crippen LogP contribution in [0.15, 0.2) is 22.1 Å². The Morgan fingerprint density at radius 1 is 1.53 bits per heavy atom. The molecule has 0 spiro atoms. The molecule has 0 saturated heterocycles. The molecule has 1 aromatic rings. The van der Waals surface area contributed by atoms with E-state index in [4.69, 9.17) is 5.73 Å². The van der Waals surface area contributed by atoms with E-state index in [-0.39, 0.29) is 5.91 Å². The molecule has 6 nitrogen and oxygen atoms in total. The molecule has 2 N–H and O–H groups in total. The summed E-state index contributed by atoms with van der Waals surface area (Å²) in [5.74, 6) is 0.00778. The first kappa shape index (κ1) is 9.85. The van der Waals surface area contributed by atoms with Crippen molar-refractivity contribution >= 4 is 11.6 Å². The average molecular weight is 208 g/mol. The number of hydrazone groups is 1. The van der Waals surface area contributed by atoms with Crippen molar-refractivity contribution in [2.75, 3.05) is 6.54 Å². The molecular formula is C9H12N4O2. The molecule has 0 fully saturated rings. The first-order chi connectivity index (χ1) is 7.29. The van der Waals surface area contributed by atoms with Crippen LogP contribution in [0.2, 0.25) is 0 Å². The van der Waals surface area contributed by atoms with Crippen LogP contribution in [-0.4, -0.2) is 28.3 Å². The fraction of sp³-hybridized carbons (Fsp3) is 0.444. The van der Waals surface area contributed by atoms with E-state index in [1.165, 1.54) is 11.3 Å². The lowest BCUT2D eigenvalue weighted by atomic mass is 10.1. The van der Waals surface area contributed by atoms with Crippen LogP contribution >= 0.6 is 0 Å². The number of hydrogen-bond acceptors (Lipinski definition) is 5. The summed E-state index contributed by atoms with van der Waals surface area (Å²) >= 11 is 0. The van der Waals surface area contributed by atoms with Crippen molar-refractivity contribution in [2.24, 2.45) is 10.8 Å². The summed E-state index contributed by atoms with van der Waals surface area (Å²) in [6, 6.07) is 0. The third-order valence-electron chi connectivity index (χ3n) is 2.23. The molecule has 80 valence electrons. The Morgan fingerprint density at radius 2 is 2.40 bits per heavy atom. The minimum Gasteiger partial charge on any atom is -0.364 e. The molecule has 0 radical (unpaired) electrons. The molecule has 0 bridgehead atoms. The van der Waals surface area contributed by atoms with Gasteiger partial charge in [0.05, 0.1) is 18.5 Å². The second-order valence-corrected chi connectivity index (χ2v) is 3.35. The van der Waals surface area contributed by atoms with E-state index in [9.17, 15) is 4.79 Å². The van der Waals surface area contributed by atoms with Crippen LogP contribution in [0.25, 0.3) is 0 Å². The maximum atomic E-state index is 11.5. The molecule has 1 aliphatic heterocycles. The van der Waals surface area contributed by atoms with Crippen molar-refractivity contribution in [3.63, 3.8) is 0 Å². The predicted octanol–water partition coefficient (Wildman–Crippen LogP) is 0.112. The third-order valence-corrected chi connectivity index (χ3v) is 2.23. The molecule has 15 heavy (non-hydrogen) atoms. The number of aromatic nitrogens is 1. The van der Waals surface area contributed by atoms with Crippen LogP contribution in [0.4, 0.5) is 0 Å². The molecular weight excluding hydrogens is 196 g/mol. The fourth-order valence-corrected chi connectivity index (χ4v) is 1.40. The largest absolute Gasteiger partial charge is 0.364 e. The molecule has 6 heteroatoms. The normalized spacial score (nSPS) is 16.7. The number of carbonyl (C=O) groups excluding carboxylic acids is 1. The van der Waals surface area contributed by atoms with Crippen molar-refractivity contribution in [3.8, 4) is 0 Å². The van der Waals surface area contributed by atoms with E-state index >= 15 is 0 Å². The highest BCUT2D eigenvalue weighted by Gasteiger charge is 2.20. The average Bonchev–Trinajstić information content (AvgIpc) is 2.74. The van der Waals surface area contributed by atoms with Crippen molar-refractivity contribution in [1.82, 2.24) is 10.2 Å². The Kier molecular flexibility index (Phi) is 2.77. The maximum Gasteiger partial charge on any atom is 0.243 e. The monoisotopic (exact) mass is 208 g/mol. The molecule has 0 atom stereocenters. The second kappa shape index (κ2) is 4.22. The third kappa shape index (κ3) is 2.21. The molecule has 0 unspecified atom stereocenters. The number of nitrogens with zero attached hydrogens (tertiary/aromatic N) is 3. The van der Waals surface area contributed by atoms with Gasteiger partial charge in [0.15, 0.2) is 0 Å². The van der Waals surface area contributed by atoms with Gasteiger partial charge < -0.3 is 10.3 Å². The van der Waals surface area contributed by atoms with E-state index in [1.54, 1.807) is 6.20 Å². The lowest BCUT2D eigenvalue weighted by Crippen LogP contribution is -2.33. The molecule has 2 heterocycles. The van der Waals surface area contributed by atoms with Crippen molar-refractivity contribution < 1.29 is 9.32 Å². The van der Waals surface area contributed by atoms with E-state index in [2.05, 4.69) is 14.8 Å². The van der Waals surface area contributed by atoms with E-state index < -0.39 is 0 Å². The van der Waals surface area contributed by atoms with Crippen molar-refractivity contribution in [2.45, 2.75) is 19.4 Å². The number of nitrogens with two attached hydrogens (primary N) is 1. The summed E-state index contributed by atoms with van der Waals surface area (Å²) in [6.45, 7) is 0.791. The molecule has 0 aromatic carbocycles. The summed E-state index contributed by atoms with van der Waals surface area (Å²) in [4.78, 5) is 11.5. The zero-order chi connectivity index (χ0) is 10.7. The minimum atomic E-state index is 0.00778. The van der Waals surface area contributed by atoms with Crippen molar-refractivity contribution in [3.05, 3.63) is 18.0 Å². The van der Waals surface area contributed by atoms with Crippen LogP contribution in [-0.2, 0) is 11.3 Å². The molecule has 1 amide bonds. The van der Waals surface area contributed by atoms with Gasteiger partial charge in [-0.25, -0.2) is 5.01 Å². The van der Waals surface area contributed by atoms with Crippen LogP contribution < -0.4 is 5.73 Å². The van der Waals surface area contributed by atoms with Gasteiger partial charge in [-0.15, -0.1) is 0 Å².